The molecule has 5 heteroatoms. The second-order valence-corrected chi connectivity index (χ2v) is 8.70. The number of anilines is 1. The Morgan fingerprint density at radius 2 is 2.19 bits per heavy atom. The summed E-state index contributed by atoms with van der Waals surface area (Å²) >= 11 is 0. The lowest BCUT2D eigenvalue weighted by atomic mass is 9.51. The predicted molar refractivity (Wildman–Crippen MR) is 96.5 cm³/mol. The molecule has 2 unspecified atom stereocenters. The van der Waals surface area contributed by atoms with Gasteiger partial charge in [-0.05, 0) is 31.0 Å². The van der Waals surface area contributed by atoms with Crippen molar-refractivity contribution in [3.63, 3.8) is 0 Å². The van der Waals surface area contributed by atoms with Gasteiger partial charge in [-0.2, -0.15) is 5.06 Å². The molecule has 7 atom stereocenters. The van der Waals surface area contributed by atoms with Gasteiger partial charge in [-0.25, -0.2) is 0 Å². The lowest BCUT2D eigenvalue weighted by Gasteiger charge is -2.54. The molecule has 2 aliphatic carbocycles. The molecule has 1 aromatic carbocycles. The first kappa shape index (κ1) is 15.4. The van der Waals surface area contributed by atoms with Crippen LogP contribution in [-0.2, 0) is 19.8 Å². The van der Waals surface area contributed by atoms with Crippen LogP contribution in [0, 0.1) is 23.2 Å². The van der Waals surface area contributed by atoms with Crippen LogP contribution < -0.4 is 5.06 Å². The topological polar surface area (TPSA) is 42.0 Å². The highest BCUT2D eigenvalue weighted by atomic mass is 16.7. The molecular weight excluding hydrogens is 328 g/mol. The summed E-state index contributed by atoms with van der Waals surface area (Å²) in [5.41, 5.74) is 1.27. The summed E-state index contributed by atoms with van der Waals surface area (Å²) < 4.78 is 6.39. The van der Waals surface area contributed by atoms with Crippen LogP contribution in [-0.4, -0.2) is 50.3 Å². The standard InChI is InChI=1S/C21H24N2O3/c1-4-20-11-22(2)17-12-10-26-16(9-14(12)20)21(18(17)20)13-7-5-6-8-15(13)23(25-3)19(21)24/h4-8,12,14,16-18H,1,9-11H2,2-3H3/t12?,14-,16+,17+,18+,20?,21+/m1/s1. The Hall–Kier alpha value is -1.69. The first-order valence-electron chi connectivity index (χ1n) is 9.55. The summed E-state index contributed by atoms with van der Waals surface area (Å²) in [7, 11) is 3.78. The summed E-state index contributed by atoms with van der Waals surface area (Å²) in [6.45, 7) is 6.00. The summed E-state index contributed by atoms with van der Waals surface area (Å²) in [6.07, 6.45) is 3.04. The van der Waals surface area contributed by atoms with Gasteiger partial charge in [0.2, 0.25) is 0 Å². The van der Waals surface area contributed by atoms with Crippen LogP contribution in [0.2, 0.25) is 0 Å². The molecule has 2 saturated heterocycles. The van der Waals surface area contributed by atoms with E-state index >= 15 is 0 Å². The number of hydrogen-bond acceptors (Lipinski definition) is 4. The fourth-order valence-corrected chi connectivity index (χ4v) is 7.64. The van der Waals surface area contributed by atoms with Crippen molar-refractivity contribution in [2.45, 2.75) is 24.0 Å². The molecule has 5 aliphatic rings. The Morgan fingerprint density at radius 3 is 2.96 bits per heavy atom. The maximum atomic E-state index is 13.9. The first-order valence-corrected chi connectivity index (χ1v) is 9.55. The van der Waals surface area contributed by atoms with E-state index in [4.69, 9.17) is 9.57 Å². The molecule has 3 aliphatic heterocycles. The zero-order valence-corrected chi connectivity index (χ0v) is 15.2. The molecule has 1 amide bonds. The van der Waals surface area contributed by atoms with Crippen LogP contribution in [0.4, 0.5) is 5.69 Å². The minimum absolute atomic E-state index is 0.0170. The van der Waals surface area contributed by atoms with Crippen molar-refractivity contribution < 1.29 is 14.4 Å². The number of hydroxylamine groups is 1. The summed E-state index contributed by atoms with van der Waals surface area (Å²) in [4.78, 5) is 21.9. The molecule has 0 aromatic heterocycles. The van der Waals surface area contributed by atoms with Crippen molar-refractivity contribution in [1.82, 2.24) is 4.90 Å². The average Bonchev–Trinajstić information content (AvgIpc) is 3.13. The number of fused-ring (bicyclic) bond motifs is 5. The van der Waals surface area contributed by atoms with Crippen LogP contribution in [0.25, 0.3) is 0 Å². The van der Waals surface area contributed by atoms with E-state index in [1.54, 1.807) is 7.11 Å². The Bertz CT molecular complexity index is 840. The SMILES string of the molecule is C=CC12CN(C)[C@H]3C4CO[C@@H](C[C@H]41)[C@]1(C(=O)N(OC)c4ccccc41)[C@@H]32. The third kappa shape index (κ3) is 1.30. The monoisotopic (exact) mass is 352 g/mol. The number of carbonyl (C=O) groups is 1. The minimum atomic E-state index is -0.669. The molecule has 5 nitrogen and oxygen atoms in total. The molecule has 0 N–H and O–H groups in total. The summed E-state index contributed by atoms with van der Waals surface area (Å²) in [6, 6.07) is 8.47. The van der Waals surface area contributed by atoms with Gasteiger partial charge in [-0.3, -0.25) is 9.63 Å². The van der Waals surface area contributed by atoms with Crippen molar-refractivity contribution in [1.29, 1.82) is 0 Å². The van der Waals surface area contributed by atoms with Crippen molar-refractivity contribution in [2.24, 2.45) is 23.2 Å². The highest BCUT2D eigenvalue weighted by Crippen LogP contribution is 2.73. The maximum Gasteiger partial charge on any atom is 0.264 e. The van der Waals surface area contributed by atoms with Crippen LogP contribution in [0.5, 0.6) is 0 Å². The van der Waals surface area contributed by atoms with Gasteiger partial charge in [0.1, 0.15) is 5.41 Å². The van der Waals surface area contributed by atoms with Crippen molar-refractivity contribution in [3.05, 3.63) is 42.5 Å². The number of ether oxygens (including phenoxy) is 1. The van der Waals surface area contributed by atoms with E-state index in [2.05, 4.69) is 30.7 Å². The Morgan fingerprint density at radius 1 is 1.38 bits per heavy atom. The summed E-state index contributed by atoms with van der Waals surface area (Å²) in [5, 5.41) is 1.50. The second-order valence-electron chi connectivity index (χ2n) is 8.70. The van der Waals surface area contributed by atoms with E-state index in [1.807, 2.05) is 18.2 Å². The van der Waals surface area contributed by atoms with Gasteiger partial charge in [0, 0.05) is 29.8 Å². The van der Waals surface area contributed by atoms with E-state index in [9.17, 15) is 4.79 Å². The van der Waals surface area contributed by atoms with Crippen LogP contribution >= 0.6 is 0 Å². The van der Waals surface area contributed by atoms with Gasteiger partial charge >= 0.3 is 0 Å². The molecule has 1 spiro atoms. The van der Waals surface area contributed by atoms with Crippen molar-refractivity contribution >= 4 is 11.6 Å². The van der Waals surface area contributed by atoms with Crippen LogP contribution in [0.15, 0.2) is 36.9 Å². The molecule has 3 heterocycles. The molecule has 5 bridgehead atoms. The Labute approximate surface area is 153 Å². The largest absolute Gasteiger partial charge is 0.376 e. The number of rotatable bonds is 2. The van der Waals surface area contributed by atoms with Crippen LogP contribution in [0.3, 0.4) is 0 Å². The Balaban J connectivity index is 1.68. The number of piperidine rings is 1. The van der Waals surface area contributed by atoms with Gasteiger partial charge < -0.3 is 9.64 Å². The number of hydrogen-bond donors (Lipinski definition) is 0. The van der Waals surface area contributed by atoms with Crippen LogP contribution in [0.1, 0.15) is 12.0 Å². The minimum Gasteiger partial charge on any atom is -0.376 e. The smallest absolute Gasteiger partial charge is 0.264 e. The number of benzene rings is 1. The zero-order chi connectivity index (χ0) is 17.8. The van der Waals surface area contributed by atoms with E-state index in [-0.39, 0.29) is 23.3 Å². The number of likely N-dealkylation sites (tertiary alicyclic amines) is 1. The first-order chi connectivity index (χ1) is 12.6. The Kier molecular flexibility index (Phi) is 2.71. The highest BCUT2D eigenvalue weighted by Gasteiger charge is 2.80. The number of para-hydroxylation sites is 1. The van der Waals surface area contributed by atoms with Gasteiger partial charge in [-0.15, -0.1) is 6.58 Å². The fraction of sp³-hybridized carbons (Fsp3) is 0.571. The third-order valence-electron chi connectivity index (χ3n) is 8.22. The molecular formula is C21H24N2O3. The molecule has 2 saturated carbocycles. The van der Waals surface area contributed by atoms with E-state index < -0.39 is 5.41 Å². The summed E-state index contributed by atoms with van der Waals surface area (Å²) in [5.74, 6) is 1.31. The maximum absolute atomic E-state index is 13.9. The van der Waals surface area contributed by atoms with Gasteiger partial charge in [0.05, 0.1) is 25.5 Å². The lowest BCUT2D eigenvalue weighted by Crippen LogP contribution is -2.63. The quantitative estimate of drug-likeness (QED) is 0.764. The predicted octanol–water partition coefficient (Wildman–Crippen LogP) is 1.98. The average molecular weight is 352 g/mol. The normalized spacial score (nSPS) is 47.8. The van der Waals surface area contributed by atoms with E-state index in [1.165, 1.54) is 5.06 Å². The lowest BCUT2D eigenvalue weighted by molar-refractivity contribution is -0.159. The van der Waals surface area contributed by atoms with Crippen molar-refractivity contribution in [3.8, 4) is 0 Å². The van der Waals surface area contributed by atoms with Gasteiger partial charge in [-0.1, -0.05) is 24.3 Å². The molecule has 0 radical (unpaired) electrons. The van der Waals surface area contributed by atoms with E-state index in [0.29, 0.717) is 17.9 Å². The molecule has 6 rings (SSSR count). The number of amides is 1. The number of carbonyl (C=O) groups excluding carboxylic acids is 1. The molecule has 4 fully saturated rings. The van der Waals surface area contributed by atoms with Crippen molar-refractivity contribution in [2.75, 3.05) is 32.4 Å². The fourth-order valence-electron chi connectivity index (χ4n) is 7.64. The molecule has 26 heavy (non-hydrogen) atoms. The second kappa shape index (κ2) is 4.58. The molecule has 1 aromatic rings. The van der Waals surface area contributed by atoms with E-state index in [0.717, 1.165) is 30.8 Å². The third-order valence-corrected chi connectivity index (χ3v) is 8.22. The highest BCUT2D eigenvalue weighted by molar-refractivity contribution is 6.08. The number of nitrogens with zero attached hydrogens (tertiary/aromatic N) is 2. The van der Waals surface area contributed by atoms with Gasteiger partial charge in [0.15, 0.2) is 0 Å². The zero-order valence-electron chi connectivity index (χ0n) is 15.2. The molecule has 136 valence electrons. The van der Waals surface area contributed by atoms with Gasteiger partial charge in [0.25, 0.3) is 5.91 Å².